The summed E-state index contributed by atoms with van der Waals surface area (Å²) in [7, 11) is 0. The molecular formula is C15H21NO. The van der Waals surface area contributed by atoms with Gasteiger partial charge in [-0.2, -0.15) is 0 Å². The third-order valence-electron chi connectivity index (χ3n) is 2.95. The molecule has 0 amide bonds. The molecule has 0 radical (unpaired) electrons. The lowest BCUT2D eigenvalue weighted by Crippen LogP contribution is -2.08. The summed E-state index contributed by atoms with van der Waals surface area (Å²) in [5.41, 5.74) is 2.52. The van der Waals surface area contributed by atoms with Crippen molar-refractivity contribution in [2.45, 2.75) is 39.8 Å². The van der Waals surface area contributed by atoms with E-state index in [9.17, 15) is 5.11 Å². The zero-order valence-corrected chi connectivity index (χ0v) is 10.9. The van der Waals surface area contributed by atoms with E-state index in [0.29, 0.717) is 5.92 Å². The topological polar surface area (TPSA) is 25.2 Å². The van der Waals surface area contributed by atoms with Crippen LogP contribution >= 0.6 is 0 Å². The highest BCUT2D eigenvalue weighted by atomic mass is 16.3. The van der Waals surface area contributed by atoms with E-state index in [1.165, 1.54) is 16.5 Å². The predicted octanol–water partition coefficient (Wildman–Crippen LogP) is 3.22. The lowest BCUT2D eigenvalue weighted by atomic mass is 10.1. The van der Waals surface area contributed by atoms with Gasteiger partial charge in [0.1, 0.15) is 0 Å². The quantitative estimate of drug-likeness (QED) is 0.858. The Hall–Kier alpha value is -1.28. The Morgan fingerprint density at radius 2 is 1.94 bits per heavy atom. The van der Waals surface area contributed by atoms with E-state index in [4.69, 9.17) is 0 Å². The minimum absolute atomic E-state index is 0.289. The highest BCUT2D eigenvalue weighted by Gasteiger charge is 2.09. The minimum atomic E-state index is -0.289. The molecule has 0 aliphatic heterocycles. The van der Waals surface area contributed by atoms with Crippen LogP contribution in [-0.2, 0) is 13.0 Å². The number of hydrogen-bond donors (Lipinski definition) is 1. The largest absolute Gasteiger partial charge is 0.393 e. The number of nitrogens with zero attached hydrogens (tertiary/aromatic N) is 1. The van der Waals surface area contributed by atoms with Gasteiger partial charge in [0.2, 0.25) is 0 Å². The van der Waals surface area contributed by atoms with Crippen molar-refractivity contribution < 1.29 is 5.11 Å². The molecule has 2 nitrogen and oxygen atoms in total. The van der Waals surface area contributed by atoms with Crippen LogP contribution in [0.3, 0.4) is 0 Å². The molecule has 0 saturated carbocycles. The van der Waals surface area contributed by atoms with Gasteiger partial charge in [0, 0.05) is 19.2 Å². The Bertz CT molecular complexity index is 497. The van der Waals surface area contributed by atoms with Crippen LogP contribution in [0, 0.1) is 5.92 Å². The zero-order chi connectivity index (χ0) is 12.4. The Morgan fingerprint density at radius 3 is 2.59 bits per heavy atom. The lowest BCUT2D eigenvalue weighted by Gasteiger charge is -2.12. The Morgan fingerprint density at radius 1 is 1.18 bits per heavy atom. The van der Waals surface area contributed by atoms with Crippen molar-refractivity contribution in [2.24, 2.45) is 5.92 Å². The Kier molecular flexibility index (Phi) is 3.53. The van der Waals surface area contributed by atoms with Gasteiger partial charge < -0.3 is 9.67 Å². The van der Waals surface area contributed by atoms with Crippen LogP contribution < -0.4 is 0 Å². The molecule has 0 bridgehead atoms. The first-order valence-electron chi connectivity index (χ1n) is 6.32. The summed E-state index contributed by atoms with van der Waals surface area (Å²) in [5.74, 6) is 0.630. The Labute approximate surface area is 103 Å². The molecule has 2 aromatic rings. The molecule has 1 unspecified atom stereocenters. The van der Waals surface area contributed by atoms with Gasteiger partial charge in [-0.1, -0.05) is 32.0 Å². The molecule has 1 atom stereocenters. The van der Waals surface area contributed by atoms with Crippen LogP contribution in [0.2, 0.25) is 0 Å². The lowest BCUT2D eigenvalue weighted by molar-refractivity contribution is 0.196. The smallest absolute Gasteiger partial charge is 0.0553 e. The molecule has 1 aromatic heterocycles. The third kappa shape index (κ3) is 2.70. The summed E-state index contributed by atoms with van der Waals surface area (Å²) >= 11 is 0. The van der Waals surface area contributed by atoms with Crippen LogP contribution in [0.5, 0.6) is 0 Å². The highest BCUT2D eigenvalue weighted by molar-refractivity contribution is 5.83. The normalized spacial score (nSPS) is 13.5. The number of rotatable bonds is 4. The molecule has 1 aromatic carbocycles. The van der Waals surface area contributed by atoms with Crippen LogP contribution in [-0.4, -0.2) is 15.8 Å². The van der Waals surface area contributed by atoms with Gasteiger partial charge in [-0.15, -0.1) is 0 Å². The standard InChI is InChI=1S/C15H21NO/c1-11(2)10-16-8-7-13-5-4-6-14(15(13)16)9-12(3)17/h4-8,11-12,17H,9-10H2,1-3H3. The maximum atomic E-state index is 9.57. The van der Waals surface area contributed by atoms with Crippen molar-refractivity contribution in [2.75, 3.05) is 0 Å². The molecule has 0 aliphatic carbocycles. The number of hydrogen-bond acceptors (Lipinski definition) is 1. The highest BCUT2D eigenvalue weighted by Crippen LogP contribution is 2.22. The predicted molar refractivity (Wildman–Crippen MR) is 72.2 cm³/mol. The van der Waals surface area contributed by atoms with Crippen LogP contribution in [0.1, 0.15) is 26.3 Å². The summed E-state index contributed by atoms with van der Waals surface area (Å²) in [6.07, 6.45) is 2.58. The molecule has 2 rings (SSSR count). The Balaban J connectivity index is 2.47. The van der Waals surface area contributed by atoms with Gasteiger partial charge in [0.15, 0.2) is 0 Å². The number of aliphatic hydroxyl groups excluding tert-OH is 1. The molecule has 0 aliphatic rings. The fourth-order valence-electron chi connectivity index (χ4n) is 2.37. The van der Waals surface area contributed by atoms with Crippen molar-refractivity contribution in [3.05, 3.63) is 36.0 Å². The van der Waals surface area contributed by atoms with Crippen molar-refractivity contribution in [1.82, 2.24) is 4.57 Å². The second-order valence-electron chi connectivity index (χ2n) is 5.27. The molecule has 1 N–H and O–H groups in total. The first-order valence-corrected chi connectivity index (χ1v) is 6.32. The number of benzene rings is 1. The zero-order valence-electron chi connectivity index (χ0n) is 10.9. The molecule has 1 heterocycles. The molecule has 0 spiro atoms. The van der Waals surface area contributed by atoms with E-state index in [2.05, 4.69) is 48.9 Å². The van der Waals surface area contributed by atoms with Gasteiger partial charge in [0.05, 0.1) is 11.6 Å². The average molecular weight is 231 g/mol. The van der Waals surface area contributed by atoms with E-state index in [1.807, 2.05) is 6.92 Å². The van der Waals surface area contributed by atoms with Crippen molar-refractivity contribution in [3.63, 3.8) is 0 Å². The van der Waals surface area contributed by atoms with E-state index in [0.717, 1.165) is 13.0 Å². The summed E-state index contributed by atoms with van der Waals surface area (Å²) < 4.78 is 2.30. The first-order chi connectivity index (χ1) is 8.08. The van der Waals surface area contributed by atoms with Gasteiger partial charge in [-0.25, -0.2) is 0 Å². The van der Waals surface area contributed by atoms with E-state index < -0.39 is 0 Å². The second-order valence-corrected chi connectivity index (χ2v) is 5.27. The van der Waals surface area contributed by atoms with Crippen molar-refractivity contribution in [3.8, 4) is 0 Å². The fraction of sp³-hybridized carbons (Fsp3) is 0.467. The van der Waals surface area contributed by atoms with Crippen molar-refractivity contribution >= 4 is 10.9 Å². The number of fused-ring (bicyclic) bond motifs is 1. The molecule has 92 valence electrons. The van der Waals surface area contributed by atoms with E-state index in [-0.39, 0.29) is 6.10 Å². The number of aliphatic hydroxyl groups is 1. The van der Waals surface area contributed by atoms with Gasteiger partial charge >= 0.3 is 0 Å². The minimum Gasteiger partial charge on any atom is -0.393 e. The molecule has 0 saturated heterocycles. The second kappa shape index (κ2) is 4.92. The molecule has 2 heteroatoms. The molecular weight excluding hydrogens is 210 g/mol. The maximum Gasteiger partial charge on any atom is 0.0553 e. The number of aromatic nitrogens is 1. The van der Waals surface area contributed by atoms with Gasteiger partial charge in [0.25, 0.3) is 0 Å². The van der Waals surface area contributed by atoms with E-state index >= 15 is 0 Å². The van der Waals surface area contributed by atoms with Crippen LogP contribution in [0.25, 0.3) is 10.9 Å². The monoisotopic (exact) mass is 231 g/mol. The SMILES string of the molecule is CC(C)Cn1ccc2cccc(CC(C)O)c21. The summed E-state index contributed by atoms with van der Waals surface area (Å²) in [5, 5.41) is 10.8. The van der Waals surface area contributed by atoms with Crippen molar-refractivity contribution in [1.29, 1.82) is 0 Å². The molecule has 17 heavy (non-hydrogen) atoms. The van der Waals surface area contributed by atoms with Gasteiger partial charge in [-0.3, -0.25) is 0 Å². The average Bonchev–Trinajstić information content (AvgIpc) is 2.61. The first kappa shape index (κ1) is 12.2. The third-order valence-corrected chi connectivity index (χ3v) is 2.95. The summed E-state index contributed by atoms with van der Waals surface area (Å²) in [6.45, 7) is 7.32. The number of para-hydroxylation sites is 1. The maximum absolute atomic E-state index is 9.57. The molecule has 0 fully saturated rings. The summed E-state index contributed by atoms with van der Waals surface area (Å²) in [4.78, 5) is 0. The van der Waals surface area contributed by atoms with E-state index in [1.54, 1.807) is 0 Å². The summed E-state index contributed by atoms with van der Waals surface area (Å²) in [6, 6.07) is 8.48. The van der Waals surface area contributed by atoms with Gasteiger partial charge in [-0.05, 0) is 29.9 Å². The van der Waals surface area contributed by atoms with Crippen LogP contribution in [0.15, 0.2) is 30.5 Å². The van der Waals surface area contributed by atoms with Crippen LogP contribution in [0.4, 0.5) is 0 Å². The fourth-order valence-corrected chi connectivity index (χ4v) is 2.37.